The van der Waals surface area contributed by atoms with Crippen molar-refractivity contribution in [2.24, 2.45) is 29.6 Å². The fourth-order valence-electron chi connectivity index (χ4n) is 11.3. The van der Waals surface area contributed by atoms with Gasteiger partial charge in [-0.3, -0.25) is 59.0 Å². The standard InChI is InChI=1S/C61H96N8O11/c1-13-42(6)56(49(78-11)37-53(73)68-34-23-29-48(68)57(79-12)44(8)58(74)62-47(36-45-25-17-14-18-26-45)39-80-38-46-27-19-15-20-28-46)67(10)61(77)54(40(2)3)63-59(75)55(41(4)5)66(9)32-24-31-51(71)65-64-50(70)30-21-16-22-33-69-52(72)35-43(7)60(69)76/h14-15,17-20,25-28,40-44,47-49,54-57H,13,16,21-24,29-39H2,1-12H3,(H,62,74)(H,63,75)(H,64,70)(H,65,71)/t42-,43?,44+,47+,48-,49+,54-,55-,56-,57+/m0/s1. The van der Waals surface area contributed by atoms with E-state index in [2.05, 4.69) is 21.5 Å². The Kier molecular flexibility index (Phi) is 28.3. The second kappa shape index (κ2) is 33.9. The van der Waals surface area contributed by atoms with Gasteiger partial charge in [-0.2, -0.15) is 0 Å². The molecular formula is C61H96N8O11. The molecule has 4 N–H and O–H groups in total. The topological polar surface area (TPSA) is 225 Å². The third-order valence-electron chi connectivity index (χ3n) is 16.0. The molecule has 2 aliphatic heterocycles. The van der Waals surface area contributed by atoms with Crippen LogP contribution >= 0.6 is 0 Å². The first-order valence-electron chi connectivity index (χ1n) is 29.1. The number of amides is 8. The number of carbonyl (C=O) groups excluding carboxylic acids is 8. The molecule has 0 spiro atoms. The van der Waals surface area contributed by atoms with Crippen LogP contribution < -0.4 is 21.5 Å². The Labute approximate surface area is 476 Å². The monoisotopic (exact) mass is 1120 g/mol. The van der Waals surface area contributed by atoms with Crippen molar-refractivity contribution in [3.05, 3.63) is 71.8 Å². The largest absolute Gasteiger partial charge is 0.379 e. The zero-order chi connectivity index (χ0) is 59.1. The number of likely N-dealkylation sites (N-methyl/N-ethyl adjacent to an activating group) is 2. The van der Waals surface area contributed by atoms with Crippen LogP contribution in [-0.2, 0) is 65.6 Å². The summed E-state index contributed by atoms with van der Waals surface area (Å²) in [6, 6.07) is 17.1. The molecule has 2 heterocycles. The van der Waals surface area contributed by atoms with Gasteiger partial charge in [0.2, 0.25) is 47.3 Å². The van der Waals surface area contributed by atoms with E-state index in [9.17, 15) is 38.4 Å². The van der Waals surface area contributed by atoms with Gasteiger partial charge in [0, 0.05) is 59.5 Å². The second-order valence-electron chi connectivity index (χ2n) is 22.9. The molecule has 2 fully saturated rings. The van der Waals surface area contributed by atoms with Crippen LogP contribution in [0.25, 0.3) is 0 Å². The molecule has 4 rings (SSSR count). The van der Waals surface area contributed by atoms with Crippen molar-refractivity contribution in [1.29, 1.82) is 0 Å². The maximum Gasteiger partial charge on any atom is 0.245 e. The molecule has 2 aromatic carbocycles. The van der Waals surface area contributed by atoms with Gasteiger partial charge in [-0.1, -0.05) is 129 Å². The van der Waals surface area contributed by atoms with E-state index in [1.54, 1.807) is 40.1 Å². The van der Waals surface area contributed by atoms with Crippen LogP contribution in [0.2, 0.25) is 0 Å². The zero-order valence-electron chi connectivity index (χ0n) is 50.0. The number of unbranched alkanes of at least 4 members (excludes halogenated alkanes) is 2. The molecule has 19 heteroatoms. The number of hydrogen-bond acceptors (Lipinski definition) is 12. The molecule has 80 heavy (non-hydrogen) atoms. The van der Waals surface area contributed by atoms with Gasteiger partial charge < -0.3 is 34.6 Å². The van der Waals surface area contributed by atoms with Gasteiger partial charge in [0.05, 0.1) is 61.9 Å². The molecular weight excluding hydrogens is 1020 g/mol. The predicted octanol–water partition coefficient (Wildman–Crippen LogP) is 5.83. The number of nitrogens with zero attached hydrogens (tertiary/aromatic N) is 4. The van der Waals surface area contributed by atoms with Crippen molar-refractivity contribution in [3.63, 3.8) is 0 Å². The SMILES string of the molecule is CC[C@H](C)[C@@H]([C@@H](CC(=O)N1CCC[C@H]1[C@H](OC)[C@@H](C)C(=O)N[C@@H](COCc1ccccc1)Cc1ccccc1)OC)N(C)C(=O)[C@@H](NC(=O)[C@H](C(C)C)N(C)CCCC(=O)NNC(=O)CCCCCN1C(=O)CC(C)C1=O)C(C)C. The lowest BCUT2D eigenvalue weighted by atomic mass is 9.89. The van der Waals surface area contributed by atoms with Gasteiger partial charge in [0.1, 0.15) is 6.04 Å². The highest BCUT2D eigenvalue weighted by Gasteiger charge is 2.44. The first-order chi connectivity index (χ1) is 38.1. The summed E-state index contributed by atoms with van der Waals surface area (Å²) in [5.41, 5.74) is 7.02. The number of carbonyl (C=O) groups is 8. The van der Waals surface area contributed by atoms with E-state index < -0.39 is 36.3 Å². The van der Waals surface area contributed by atoms with E-state index >= 15 is 0 Å². The number of imide groups is 1. The van der Waals surface area contributed by atoms with Crippen molar-refractivity contribution < 1.29 is 52.6 Å². The third-order valence-corrected chi connectivity index (χ3v) is 16.0. The number of hydrogen-bond donors (Lipinski definition) is 4. The van der Waals surface area contributed by atoms with Crippen molar-refractivity contribution in [3.8, 4) is 0 Å². The highest BCUT2D eigenvalue weighted by Crippen LogP contribution is 2.30. The van der Waals surface area contributed by atoms with Gasteiger partial charge in [-0.25, -0.2) is 0 Å². The zero-order valence-corrected chi connectivity index (χ0v) is 50.0. The minimum absolute atomic E-state index is 0.0217. The Hall–Kier alpha value is -5.76. The number of benzene rings is 2. The Morgan fingerprint density at radius 1 is 0.762 bits per heavy atom. The number of rotatable bonds is 34. The summed E-state index contributed by atoms with van der Waals surface area (Å²) in [6.07, 6.45) is 4.00. The summed E-state index contributed by atoms with van der Waals surface area (Å²) in [5.74, 6) is -3.47. The molecule has 19 nitrogen and oxygen atoms in total. The highest BCUT2D eigenvalue weighted by molar-refractivity contribution is 6.03. The summed E-state index contributed by atoms with van der Waals surface area (Å²) in [7, 11) is 6.64. The normalized spacial score (nSPS) is 18.6. The maximum absolute atomic E-state index is 14.7. The van der Waals surface area contributed by atoms with Gasteiger partial charge in [-0.05, 0) is 81.0 Å². The molecule has 446 valence electrons. The molecule has 0 radical (unpaired) electrons. The number of likely N-dealkylation sites (tertiary alicyclic amines) is 2. The molecule has 2 aromatic rings. The van der Waals surface area contributed by atoms with Crippen LogP contribution in [-0.4, -0.2) is 164 Å². The van der Waals surface area contributed by atoms with E-state index in [1.807, 2.05) is 119 Å². The first kappa shape index (κ1) is 66.7. The lowest BCUT2D eigenvalue weighted by molar-refractivity contribution is -0.148. The van der Waals surface area contributed by atoms with E-state index in [0.29, 0.717) is 77.8 Å². The van der Waals surface area contributed by atoms with Crippen LogP contribution in [0, 0.1) is 29.6 Å². The minimum Gasteiger partial charge on any atom is -0.379 e. The first-order valence-corrected chi connectivity index (χ1v) is 29.1. The lowest BCUT2D eigenvalue weighted by Gasteiger charge is -2.41. The predicted molar refractivity (Wildman–Crippen MR) is 307 cm³/mol. The quantitative estimate of drug-likeness (QED) is 0.0369. The second-order valence-corrected chi connectivity index (χ2v) is 22.9. The maximum atomic E-state index is 14.7. The molecule has 10 atom stereocenters. The van der Waals surface area contributed by atoms with E-state index in [4.69, 9.17) is 14.2 Å². The molecule has 0 aromatic heterocycles. The Bertz CT molecular complexity index is 2290. The van der Waals surface area contributed by atoms with E-state index in [1.165, 1.54) is 4.90 Å². The van der Waals surface area contributed by atoms with Crippen LogP contribution in [0.5, 0.6) is 0 Å². The molecule has 1 unspecified atom stereocenters. The minimum atomic E-state index is -0.903. The number of hydrazine groups is 1. The third kappa shape index (κ3) is 20.0. The molecule has 2 saturated heterocycles. The van der Waals surface area contributed by atoms with Crippen molar-refractivity contribution in [1.82, 2.24) is 41.1 Å². The van der Waals surface area contributed by atoms with Gasteiger partial charge >= 0.3 is 0 Å². The van der Waals surface area contributed by atoms with Gasteiger partial charge in [0.15, 0.2) is 0 Å². The van der Waals surface area contributed by atoms with Crippen molar-refractivity contribution >= 4 is 47.3 Å². The average molecular weight is 1120 g/mol. The summed E-state index contributed by atoms with van der Waals surface area (Å²) >= 11 is 0. The molecule has 0 saturated carbocycles. The van der Waals surface area contributed by atoms with Crippen LogP contribution in [0.3, 0.4) is 0 Å². The van der Waals surface area contributed by atoms with Gasteiger partial charge in [0.25, 0.3) is 0 Å². The van der Waals surface area contributed by atoms with Crippen LogP contribution in [0.15, 0.2) is 60.7 Å². The van der Waals surface area contributed by atoms with Crippen LogP contribution in [0.4, 0.5) is 0 Å². The number of methoxy groups -OCH3 is 2. The lowest BCUT2D eigenvalue weighted by Crippen LogP contribution is -2.60. The highest BCUT2D eigenvalue weighted by atomic mass is 16.5. The summed E-state index contributed by atoms with van der Waals surface area (Å²) in [6.45, 7) is 17.2. The van der Waals surface area contributed by atoms with Crippen molar-refractivity contribution in [2.75, 3.05) is 54.6 Å². The Morgan fingerprint density at radius 3 is 1.95 bits per heavy atom. The number of nitrogens with one attached hydrogen (secondary N) is 4. The van der Waals surface area contributed by atoms with Gasteiger partial charge in [-0.15, -0.1) is 0 Å². The fourth-order valence-corrected chi connectivity index (χ4v) is 11.3. The molecule has 0 bridgehead atoms. The van der Waals surface area contributed by atoms with Crippen LogP contribution in [0.1, 0.15) is 137 Å². The van der Waals surface area contributed by atoms with Crippen molar-refractivity contribution in [2.45, 2.75) is 181 Å². The summed E-state index contributed by atoms with van der Waals surface area (Å²) in [5, 5.41) is 6.32. The molecule has 8 amide bonds. The Balaban J connectivity index is 1.33. The van der Waals surface area contributed by atoms with E-state index in [-0.39, 0.29) is 109 Å². The Morgan fingerprint density at radius 2 is 1.39 bits per heavy atom. The number of ether oxygens (including phenoxy) is 3. The molecule has 2 aliphatic rings. The fraction of sp³-hybridized carbons (Fsp3) is 0.672. The summed E-state index contributed by atoms with van der Waals surface area (Å²) in [4.78, 5) is 114. The summed E-state index contributed by atoms with van der Waals surface area (Å²) < 4.78 is 18.4. The smallest absolute Gasteiger partial charge is 0.245 e. The van der Waals surface area contributed by atoms with E-state index in [0.717, 1.165) is 17.5 Å². The average Bonchev–Trinajstić information content (AvgIpc) is 4.01. The molecule has 0 aliphatic carbocycles.